The van der Waals surface area contributed by atoms with Crippen LogP contribution in [0.3, 0.4) is 0 Å². The largest absolute Gasteiger partial charge is 0.272 e. The van der Waals surface area contributed by atoms with Crippen LogP contribution in [0.15, 0.2) is 0 Å². The van der Waals surface area contributed by atoms with E-state index in [0.717, 1.165) is 6.54 Å². The summed E-state index contributed by atoms with van der Waals surface area (Å²) in [7, 11) is 2.04. The topological polar surface area (TPSA) is 29.5 Å². The summed E-state index contributed by atoms with van der Waals surface area (Å²) in [5, 5.41) is 1.31. The molecule has 0 bridgehead atoms. The Bertz CT molecular complexity index is 117. The molecule has 3 nitrogen and oxygen atoms in total. The highest BCUT2D eigenvalue weighted by Crippen LogP contribution is 2.17. The van der Waals surface area contributed by atoms with Crippen molar-refractivity contribution < 1.29 is 9.42 Å². The van der Waals surface area contributed by atoms with Crippen LogP contribution in [0, 0.1) is 5.92 Å². The first-order valence-electron chi connectivity index (χ1n) is 2.44. The maximum absolute atomic E-state index is 10.6. The third kappa shape index (κ3) is 0.721. The summed E-state index contributed by atoms with van der Waals surface area (Å²) in [5.41, 5.74) is 0. The quantitative estimate of drug-likeness (QED) is 0.377. The standard InChI is InChI=1S/C4H8NO2P/c1-3-2-5(7-8)4(3)6/h3H,2,8H2,1H3. The van der Waals surface area contributed by atoms with Gasteiger partial charge in [0.25, 0.3) is 5.91 Å². The summed E-state index contributed by atoms with van der Waals surface area (Å²) in [6, 6.07) is 0. The van der Waals surface area contributed by atoms with Crippen LogP contribution in [0.25, 0.3) is 0 Å². The molecule has 1 saturated heterocycles. The van der Waals surface area contributed by atoms with Crippen molar-refractivity contribution in [2.45, 2.75) is 6.92 Å². The Labute approximate surface area is 50.2 Å². The SMILES string of the molecule is CC1CN(OP)C1=O. The molecule has 46 valence electrons. The predicted molar refractivity (Wildman–Crippen MR) is 31.7 cm³/mol. The minimum Gasteiger partial charge on any atom is -0.272 e. The summed E-state index contributed by atoms with van der Waals surface area (Å²) in [4.78, 5) is 10.6. The second-order valence-corrected chi connectivity index (χ2v) is 2.12. The van der Waals surface area contributed by atoms with Gasteiger partial charge in [0, 0.05) is 9.47 Å². The Hall–Kier alpha value is -0.140. The molecule has 1 amide bonds. The van der Waals surface area contributed by atoms with E-state index in [1.54, 1.807) is 0 Å². The first kappa shape index (κ1) is 5.99. The molecule has 0 saturated carbocycles. The monoisotopic (exact) mass is 133 g/mol. The van der Waals surface area contributed by atoms with Gasteiger partial charge in [0.15, 0.2) is 0 Å². The number of hydrogen-bond donors (Lipinski definition) is 0. The van der Waals surface area contributed by atoms with Crippen molar-refractivity contribution in [2.24, 2.45) is 5.92 Å². The Morgan fingerprint density at radius 3 is 2.75 bits per heavy atom. The van der Waals surface area contributed by atoms with E-state index in [4.69, 9.17) is 0 Å². The minimum absolute atomic E-state index is 0.0694. The first-order valence-corrected chi connectivity index (χ1v) is 2.91. The van der Waals surface area contributed by atoms with Crippen molar-refractivity contribution in [2.75, 3.05) is 6.54 Å². The average Bonchev–Trinajstić information content (AvgIpc) is 1.81. The number of nitrogens with zero attached hydrogens (tertiary/aromatic N) is 1. The van der Waals surface area contributed by atoms with Crippen molar-refractivity contribution in [3.8, 4) is 0 Å². The van der Waals surface area contributed by atoms with Crippen molar-refractivity contribution in [3.63, 3.8) is 0 Å². The zero-order valence-corrected chi connectivity index (χ0v) is 5.78. The highest BCUT2D eigenvalue weighted by atomic mass is 31.0. The molecule has 2 unspecified atom stereocenters. The lowest BCUT2D eigenvalue weighted by atomic mass is 10.1. The molecule has 0 radical (unpaired) electrons. The molecular weight excluding hydrogens is 125 g/mol. The molecular formula is C4H8NO2P. The molecule has 0 N–H and O–H groups in total. The number of rotatable bonds is 1. The fraction of sp³-hybridized carbons (Fsp3) is 0.750. The number of amides is 1. The molecule has 0 aromatic heterocycles. The third-order valence-corrected chi connectivity index (χ3v) is 1.49. The summed E-state index contributed by atoms with van der Waals surface area (Å²) in [6.07, 6.45) is 0. The molecule has 8 heavy (non-hydrogen) atoms. The smallest absolute Gasteiger partial charge is 0.251 e. The van der Waals surface area contributed by atoms with Crippen LogP contribution in [0.4, 0.5) is 0 Å². The number of hydroxylamine groups is 2. The Morgan fingerprint density at radius 2 is 2.62 bits per heavy atom. The molecule has 2 atom stereocenters. The fourth-order valence-electron chi connectivity index (χ4n) is 0.645. The Morgan fingerprint density at radius 1 is 2.00 bits per heavy atom. The summed E-state index contributed by atoms with van der Waals surface area (Å²) in [6.45, 7) is 2.60. The van der Waals surface area contributed by atoms with Crippen molar-refractivity contribution in [1.29, 1.82) is 0 Å². The first-order chi connectivity index (χ1) is 3.75. The van der Waals surface area contributed by atoms with Crippen molar-refractivity contribution in [1.82, 2.24) is 5.06 Å². The van der Waals surface area contributed by atoms with E-state index in [-0.39, 0.29) is 11.8 Å². The van der Waals surface area contributed by atoms with E-state index in [0.29, 0.717) is 0 Å². The lowest BCUT2D eigenvalue weighted by Crippen LogP contribution is -2.49. The molecule has 1 aliphatic rings. The van der Waals surface area contributed by atoms with Gasteiger partial charge >= 0.3 is 0 Å². The molecule has 0 spiro atoms. The molecule has 4 heteroatoms. The number of carbonyl (C=O) groups excluding carboxylic acids is 1. The van der Waals surface area contributed by atoms with Crippen LogP contribution in [0.2, 0.25) is 0 Å². The predicted octanol–water partition coefficient (Wildman–Crippen LogP) is 0.186. The number of hydrogen-bond acceptors (Lipinski definition) is 2. The highest BCUT2D eigenvalue weighted by Gasteiger charge is 2.32. The minimum atomic E-state index is 0.0694. The van der Waals surface area contributed by atoms with Crippen LogP contribution >= 0.6 is 9.47 Å². The van der Waals surface area contributed by atoms with E-state index in [2.05, 4.69) is 4.62 Å². The van der Waals surface area contributed by atoms with Crippen LogP contribution in [0.1, 0.15) is 6.92 Å². The molecule has 0 aromatic carbocycles. The van der Waals surface area contributed by atoms with Gasteiger partial charge in [-0.1, -0.05) is 6.92 Å². The molecule has 1 aliphatic heterocycles. The number of β-lactam (4-membered cyclic amide) rings is 1. The molecule has 1 rings (SSSR count). The van der Waals surface area contributed by atoms with Gasteiger partial charge in [-0.25, -0.2) is 5.06 Å². The van der Waals surface area contributed by atoms with E-state index in [9.17, 15) is 4.79 Å². The van der Waals surface area contributed by atoms with Gasteiger partial charge in [-0.05, 0) is 0 Å². The van der Waals surface area contributed by atoms with Gasteiger partial charge in [0.1, 0.15) is 0 Å². The zero-order chi connectivity index (χ0) is 6.15. The highest BCUT2D eigenvalue weighted by molar-refractivity contribution is 7.09. The van der Waals surface area contributed by atoms with Crippen molar-refractivity contribution >= 4 is 15.4 Å². The average molecular weight is 133 g/mol. The Balaban J connectivity index is 2.36. The lowest BCUT2D eigenvalue weighted by molar-refractivity contribution is -0.181. The second kappa shape index (κ2) is 2.00. The van der Waals surface area contributed by atoms with Gasteiger partial charge < -0.3 is 0 Å². The van der Waals surface area contributed by atoms with Crippen LogP contribution in [0.5, 0.6) is 0 Å². The van der Waals surface area contributed by atoms with E-state index < -0.39 is 0 Å². The van der Waals surface area contributed by atoms with Crippen LogP contribution in [-0.4, -0.2) is 17.5 Å². The normalized spacial score (nSPS) is 28.0. The number of carbonyl (C=O) groups is 1. The summed E-state index contributed by atoms with van der Waals surface area (Å²) in [5.74, 6) is 0.232. The molecule has 0 aromatic rings. The van der Waals surface area contributed by atoms with Crippen LogP contribution in [-0.2, 0) is 9.42 Å². The summed E-state index contributed by atoms with van der Waals surface area (Å²) < 4.78 is 4.57. The fourth-order valence-corrected chi connectivity index (χ4v) is 0.835. The van der Waals surface area contributed by atoms with E-state index in [1.807, 2.05) is 16.4 Å². The van der Waals surface area contributed by atoms with Gasteiger partial charge in [-0.3, -0.25) is 9.42 Å². The van der Waals surface area contributed by atoms with Gasteiger partial charge in [-0.15, -0.1) is 0 Å². The Kier molecular flexibility index (Phi) is 1.49. The van der Waals surface area contributed by atoms with Gasteiger partial charge in [-0.2, -0.15) is 0 Å². The molecule has 0 aliphatic carbocycles. The maximum atomic E-state index is 10.6. The maximum Gasteiger partial charge on any atom is 0.251 e. The lowest BCUT2D eigenvalue weighted by Gasteiger charge is -2.33. The zero-order valence-electron chi connectivity index (χ0n) is 4.63. The molecule has 1 heterocycles. The van der Waals surface area contributed by atoms with Gasteiger partial charge in [0.05, 0.1) is 12.5 Å². The van der Waals surface area contributed by atoms with E-state index >= 15 is 0 Å². The summed E-state index contributed by atoms with van der Waals surface area (Å²) >= 11 is 0. The van der Waals surface area contributed by atoms with Gasteiger partial charge in [0.2, 0.25) is 0 Å². The van der Waals surface area contributed by atoms with E-state index in [1.165, 1.54) is 5.06 Å². The molecule has 1 fully saturated rings. The second-order valence-electron chi connectivity index (χ2n) is 1.91. The third-order valence-electron chi connectivity index (χ3n) is 1.23. The van der Waals surface area contributed by atoms with Crippen molar-refractivity contribution in [3.05, 3.63) is 0 Å². The van der Waals surface area contributed by atoms with Crippen LogP contribution < -0.4 is 0 Å².